The molecule has 0 aliphatic carbocycles. The Bertz CT molecular complexity index is 421. The van der Waals surface area contributed by atoms with Crippen LogP contribution in [0.2, 0.25) is 0 Å². The van der Waals surface area contributed by atoms with Crippen LogP contribution < -0.4 is 5.32 Å². The van der Waals surface area contributed by atoms with Crippen LogP contribution in [-0.4, -0.2) is 28.2 Å². The van der Waals surface area contributed by atoms with Gasteiger partial charge in [0, 0.05) is 24.3 Å². The van der Waals surface area contributed by atoms with E-state index in [0.29, 0.717) is 12.1 Å². The smallest absolute Gasteiger partial charge is 0.268 e. The highest BCUT2D eigenvalue weighted by Crippen LogP contribution is 2.20. The lowest BCUT2D eigenvalue weighted by molar-refractivity contribution is 0.0861. The second-order valence-electron chi connectivity index (χ2n) is 5.78. The van der Waals surface area contributed by atoms with E-state index in [4.69, 9.17) is 0 Å². The maximum Gasteiger partial charge on any atom is 0.268 e. The molecular weight excluding hydrogens is 296 g/mol. The van der Waals surface area contributed by atoms with Crippen LogP contribution in [0.15, 0.2) is 16.7 Å². The number of amides is 1. The van der Waals surface area contributed by atoms with E-state index in [1.807, 2.05) is 13.2 Å². The molecule has 0 saturated heterocycles. The van der Waals surface area contributed by atoms with E-state index in [1.165, 1.54) is 0 Å². The molecule has 0 saturated carbocycles. The van der Waals surface area contributed by atoms with Crippen molar-refractivity contribution in [3.63, 3.8) is 0 Å². The molecule has 0 fully saturated rings. The molecule has 102 valence electrons. The zero-order chi connectivity index (χ0) is 13.9. The number of aliphatic hydroxyl groups is 1. The van der Waals surface area contributed by atoms with Gasteiger partial charge in [0.1, 0.15) is 5.69 Å². The van der Waals surface area contributed by atoms with Crippen molar-refractivity contribution in [3.8, 4) is 0 Å². The van der Waals surface area contributed by atoms with E-state index < -0.39 is 6.10 Å². The average molecular weight is 317 g/mol. The Kier molecular flexibility index (Phi) is 4.99. The SMILES string of the molecule is Cn1cc(Br)cc1C(=O)NCC(O)CC(C)(C)C. The molecule has 1 atom stereocenters. The fourth-order valence-corrected chi connectivity index (χ4v) is 2.35. The van der Waals surface area contributed by atoms with Crippen LogP contribution in [0, 0.1) is 5.41 Å². The molecule has 0 radical (unpaired) electrons. The molecule has 0 aromatic carbocycles. The minimum atomic E-state index is -0.516. The molecule has 5 heteroatoms. The Labute approximate surface area is 117 Å². The molecule has 1 heterocycles. The monoisotopic (exact) mass is 316 g/mol. The van der Waals surface area contributed by atoms with E-state index in [9.17, 15) is 9.90 Å². The topological polar surface area (TPSA) is 54.3 Å². The number of nitrogens with one attached hydrogen (secondary N) is 1. The van der Waals surface area contributed by atoms with E-state index in [2.05, 4.69) is 42.0 Å². The standard InChI is InChI=1S/C13H21BrN2O2/c1-13(2,3)6-10(17)7-15-12(18)11-5-9(14)8-16(11)4/h5,8,10,17H,6-7H2,1-4H3,(H,15,18). The van der Waals surface area contributed by atoms with E-state index in [0.717, 1.165) is 4.47 Å². The number of hydrogen-bond acceptors (Lipinski definition) is 2. The third kappa shape index (κ3) is 4.82. The summed E-state index contributed by atoms with van der Waals surface area (Å²) in [4.78, 5) is 11.9. The lowest BCUT2D eigenvalue weighted by Gasteiger charge is -2.22. The molecule has 2 N–H and O–H groups in total. The molecular formula is C13H21BrN2O2. The highest BCUT2D eigenvalue weighted by atomic mass is 79.9. The number of nitrogens with zero attached hydrogens (tertiary/aromatic N) is 1. The van der Waals surface area contributed by atoms with Crippen molar-refractivity contribution < 1.29 is 9.90 Å². The number of aromatic nitrogens is 1. The van der Waals surface area contributed by atoms with Gasteiger partial charge in [-0.05, 0) is 33.8 Å². The molecule has 1 amide bonds. The summed E-state index contributed by atoms with van der Waals surface area (Å²) in [6, 6.07) is 1.76. The van der Waals surface area contributed by atoms with Crippen LogP contribution >= 0.6 is 15.9 Å². The first-order valence-electron chi connectivity index (χ1n) is 5.97. The third-order valence-electron chi connectivity index (χ3n) is 2.55. The van der Waals surface area contributed by atoms with Gasteiger partial charge in [-0.1, -0.05) is 20.8 Å². The molecule has 1 aromatic rings. The van der Waals surface area contributed by atoms with Crippen LogP contribution in [0.5, 0.6) is 0 Å². The van der Waals surface area contributed by atoms with E-state index >= 15 is 0 Å². The Morgan fingerprint density at radius 2 is 2.17 bits per heavy atom. The molecule has 1 rings (SSSR count). The Balaban J connectivity index is 2.49. The van der Waals surface area contributed by atoms with Crippen molar-refractivity contribution in [1.29, 1.82) is 0 Å². The van der Waals surface area contributed by atoms with Crippen molar-refractivity contribution in [2.75, 3.05) is 6.54 Å². The number of halogens is 1. The van der Waals surface area contributed by atoms with Crippen LogP contribution in [0.25, 0.3) is 0 Å². The lowest BCUT2D eigenvalue weighted by Crippen LogP contribution is -2.34. The lowest BCUT2D eigenvalue weighted by atomic mass is 9.89. The minimum absolute atomic E-state index is 0.0537. The Hall–Kier alpha value is -0.810. The summed E-state index contributed by atoms with van der Waals surface area (Å²) in [6.45, 7) is 6.46. The molecule has 1 aromatic heterocycles. The van der Waals surface area contributed by atoms with Gasteiger partial charge in [0.25, 0.3) is 5.91 Å². The fraction of sp³-hybridized carbons (Fsp3) is 0.615. The van der Waals surface area contributed by atoms with Crippen molar-refractivity contribution in [3.05, 3.63) is 22.4 Å². The fourth-order valence-electron chi connectivity index (χ4n) is 1.83. The van der Waals surface area contributed by atoms with Crippen molar-refractivity contribution in [1.82, 2.24) is 9.88 Å². The first-order valence-corrected chi connectivity index (χ1v) is 6.76. The largest absolute Gasteiger partial charge is 0.391 e. The first kappa shape index (κ1) is 15.2. The Morgan fingerprint density at radius 3 is 2.61 bits per heavy atom. The van der Waals surface area contributed by atoms with Gasteiger partial charge in [0.05, 0.1) is 6.10 Å². The molecule has 0 spiro atoms. The zero-order valence-electron chi connectivity index (χ0n) is 11.3. The minimum Gasteiger partial charge on any atom is -0.391 e. The van der Waals surface area contributed by atoms with Gasteiger partial charge >= 0.3 is 0 Å². The van der Waals surface area contributed by atoms with Crippen LogP contribution in [-0.2, 0) is 7.05 Å². The molecule has 0 bridgehead atoms. The van der Waals surface area contributed by atoms with Crippen LogP contribution in [0.3, 0.4) is 0 Å². The summed E-state index contributed by atoms with van der Waals surface area (Å²) < 4.78 is 2.61. The number of carbonyl (C=O) groups is 1. The van der Waals surface area contributed by atoms with Crippen molar-refractivity contribution >= 4 is 21.8 Å². The van der Waals surface area contributed by atoms with Gasteiger partial charge in [-0.2, -0.15) is 0 Å². The van der Waals surface area contributed by atoms with E-state index in [1.54, 1.807) is 10.6 Å². The highest BCUT2D eigenvalue weighted by Gasteiger charge is 2.18. The maximum absolute atomic E-state index is 11.9. The normalized spacial score (nSPS) is 13.4. The predicted octanol–water partition coefficient (Wildman–Crippen LogP) is 2.31. The zero-order valence-corrected chi connectivity index (χ0v) is 12.9. The molecule has 0 aliphatic rings. The highest BCUT2D eigenvalue weighted by molar-refractivity contribution is 9.10. The summed E-state index contributed by atoms with van der Waals surface area (Å²) >= 11 is 3.32. The molecule has 4 nitrogen and oxygen atoms in total. The summed E-state index contributed by atoms with van der Waals surface area (Å²) in [5, 5.41) is 12.6. The predicted molar refractivity (Wildman–Crippen MR) is 75.5 cm³/mol. The number of aryl methyl sites for hydroxylation is 1. The van der Waals surface area contributed by atoms with Crippen LogP contribution in [0.1, 0.15) is 37.7 Å². The number of aliphatic hydroxyl groups excluding tert-OH is 1. The molecule has 18 heavy (non-hydrogen) atoms. The van der Waals surface area contributed by atoms with Gasteiger partial charge in [0.15, 0.2) is 0 Å². The van der Waals surface area contributed by atoms with Gasteiger partial charge in [0.2, 0.25) is 0 Å². The first-order chi connectivity index (χ1) is 8.19. The third-order valence-corrected chi connectivity index (χ3v) is 2.98. The second kappa shape index (κ2) is 5.89. The molecule has 0 aliphatic heterocycles. The van der Waals surface area contributed by atoms with Gasteiger partial charge < -0.3 is 15.0 Å². The number of rotatable bonds is 4. The quantitative estimate of drug-likeness (QED) is 0.895. The summed E-state index contributed by atoms with van der Waals surface area (Å²) in [5.41, 5.74) is 0.628. The van der Waals surface area contributed by atoms with Crippen LogP contribution in [0.4, 0.5) is 0 Å². The molecule has 1 unspecified atom stereocenters. The van der Waals surface area contributed by atoms with Gasteiger partial charge in [-0.3, -0.25) is 4.79 Å². The van der Waals surface area contributed by atoms with Gasteiger partial charge in [-0.15, -0.1) is 0 Å². The number of hydrogen-bond donors (Lipinski definition) is 2. The Morgan fingerprint density at radius 1 is 1.56 bits per heavy atom. The van der Waals surface area contributed by atoms with Gasteiger partial charge in [-0.25, -0.2) is 0 Å². The summed E-state index contributed by atoms with van der Waals surface area (Å²) in [5.74, 6) is -0.170. The second-order valence-corrected chi connectivity index (χ2v) is 6.70. The maximum atomic E-state index is 11.9. The summed E-state index contributed by atoms with van der Waals surface area (Å²) in [6.07, 6.45) is 1.96. The van der Waals surface area contributed by atoms with Crippen molar-refractivity contribution in [2.45, 2.75) is 33.3 Å². The average Bonchev–Trinajstić information content (AvgIpc) is 2.52. The number of carbonyl (C=O) groups excluding carboxylic acids is 1. The van der Waals surface area contributed by atoms with E-state index in [-0.39, 0.29) is 17.9 Å². The van der Waals surface area contributed by atoms with Crippen molar-refractivity contribution in [2.24, 2.45) is 12.5 Å². The summed E-state index contributed by atoms with van der Waals surface area (Å²) in [7, 11) is 1.81.